The molecule has 0 fully saturated rings. The number of ketones is 1. The molecule has 0 saturated heterocycles. The normalized spacial score (nSPS) is 16.5. The Hall–Kier alpha value is -3.61. The van der Waals surface area contributed by atoms with E-state index in [2.05, 4.69) is 28.7 Å². The van der Waals surface area contributed by atoms with Crippen LogP contribution in [0, 0.1) is 5.92 Å². The number of aromatic nitrogens is 2. The Morgan fingerprint density at radius 3 is 2.38 bits per heavy atom. The fourth-order valence-corrected chi connectivity index (χ4v) is 4.21. The molecule has 1 atom stereocenters. The van der Waals surface area contributed by atoms with E-state index in [9.17, 15) is 14.7 Å². The number of benzene rings is 2. The van der Waals surface area contributed by atoms with Gasteiger partial charge in [-0.05, 0) is 43.7 Å². The van der Waals surface area contributed by atoms with Gasteiger partial charge >= 0.3 is 0 Å². The third kappa shape index (κ3) is 3.53. The molecule has 7 nitrogen and oxygen atoms in total. The van der Waals surface area contributed by atoms with E-state index in [1.165, 1.54) is 4.90 Å². The Morgan fingerprint density at radius 2 is 1.78 bits per heavy atom. The van der Waals surface area contributed by atoms with Gasteiger partial charge in [-0.25, -0.2) is 4.98 Å². The predicted molar refractivity (Wildman–Crippen MR) is 126 cm³/mol. The van der Waals surface area contributed by atoms with Crippen LogP contribution in [-0.2, 0) is 9.59 Å². The Labute approximate surface area is 187 Å². The summed E-state index contributed by atoms with van der Waals surface area (Å²) in [5.74, 6) is -1.47. The molecule has 0 aliphatic carbocycles. The van der Waals surface area contributed by atoms with Gasteiger partial charge in [0.05, 0.1) is 22.6 Å². The van der Waals surface area contributed by atoms with Crippen molar-refractivity contribution in [2.75, 3.05) is 22.9 Å². The number of carbonyl (C=O) groups is 2. The third-order valence-corrected chi connectivity index (χ3v) is 5.94. The number of aliphatic hydroxyl groups excluding tert-OH is 1. The minimum absolute atomic E-state index is 0.112. The average molecular weight is 433 g/mol. The summed E-state index contributed by atoms with van der Waals surface area (Å²) < 4.78 is 0. The lowest BCUT2D eigenvalue weighted by Crippen LogP contribution is -2.32. The maximum atomic E-state index is 13.2. The van der Waals surface area contributed by atoms with Crippen LogP contribution in [0.3, 0.4) is 0 Å². The predicted octanol–water partition coefficient (Wildman–Crippen LogP) is 4.53. The lowest BCUT2D eigenvalue weighted by Gasteiger charge is -2.26. The number of hydrogen-bond donors (Lipinski definition) is 2. The van der Waals surface area contributed by atoms with Crippen molar-refractivity contribution in [3.63, 3.8) is 0 Å². The van der Waals surface area contributed by atoms with Crippen LogP contribution in [0.1, 0.15) is 39.3 Å². The maximum absolute atomic E-state index is 13.2. The fraction of sp³-hybridized carbons (Fsp3) is 0.320. The van der Waals surface area contributed by atoms with E-state index >= 15 is 0 Å². The van der Waals surface area contributed by atoms with Gasteiger partial charge in [0, 0.05) is 24.7 Å². The largest absolute Gasteiger partial charge is 0.503 e. The highest BCUT2D eigenvalue weighted by molar-refractivity contribution is 6.16. The zero-order chi connectivity index (χ0) is 23.0. The second-order valence-electron chi connectivity index (χ2n) is 8.20. The SMILES string of the molecule is CCN(CC)c1ccc(C2C(C(=O)C(C)C)=C(O)C(=O)N2c2nc3ccccc3[nH]2)cc1. The lowest BCUT2D eigenvalue weighted by atomic mass is 9.91. The zero-order valence-corrected chi connectivity index (χ0v) is 18.8. The molecule has 1 aliphatic heterocycles. The number of amides is 1. The molecule has 32 heavy (non-hydrogen) atoms. The van der Waals surface area contributed by atoms with Crippen molar-refractivity contribution in [3.8, 4) is 0 Å². The number of aliphatic hydroxyl groups is 1. The van der Waals surface area contributed by atoms with Crippen LogP contribution in [-0.4, -0.2) is 39.9 Å². The minimum atomic E-state index is -0.760. The smallest absolute Gasteiger partial charge is 0.296 e. The molecule has 1 amide bonds. The summed E-state index contributed by atoms with van der Waals surface area (Å²) in [6.45, 7) is 9.46. The summed E-state index contributed by atoms with van der Waals surface area (Å²) in [5, 5.41) is 10.8. The maximum Gasteiger partial charge on any atom is 0.296 e. The van der Waals surface area contributed by atoms with Crippen LogP contribution in [0.5, 0.6) is 0 Å². The summed E-state index contributed by atoms with van der Waals surface area (Å²) in [5.41, 5.74) is 3.38. The van der Waals surface area contributed by atoms with Gasteiger partial charge in [-0.1, -0.05) is 38.1 Å². The first kappa shape index (κ1) is 21.6. The van der Waals surface area contributed by atoms with Gasteiger partial charge in [0.25, 0.3) is 5.91 Å². The van der Waals surface area contributed by atoms with Gasteiger partial charge in [0.1, 0.15) is 0 Å². The van der Waals surface area contributed by atoms with Gasteiger partial charge in [-0.2, -0.15) is 0 Å². The molecule has 7 heteroatoms. The molecular formula is C25H28N4O3. The van der Waals surface area contributed by atoms with Gasteiger partial charge in [-0.15, -0.1) is 0 Å². The molecule has 3 aromatic rings. The Bertz CT molecular complexity index is 1160. The fourth-order valence-electron chi connectivity index (χ4n) is 4.21. The third-order valence-electron chi connectivity index (χ3n) is 5.94. The van der Waals surface area contributed by atoms with Gasteiger partial charge < -0.3 is 15.0 Å². The number of hydrogen-bond acceptors (Lipinski definition) is 5. The van der Waals surface area contributed by atoms with Crippen molar-refractivity contribution in [1.82, 2.24) is 9.97 Å². The number of anilines is 2. The van der Waals surface area contributed by atoms with Crippen molar-refractivity contribution in [2.24, 2.45) is 5.92 Å². The molecule has 1 aliphatic rings. The zero-order valence-electron chi connectivity index (χ0n) is 18.8. The molecule has 1 aromatic heterocycles. The number of imidazole rings is 1. The van der Waals surface area contributed by atoms with E-state index in [1.807, 2.05) is 48.5 Å². The number of H-pyrrole nitrogens is 1. The van der Waals surface area contributed by atoms with Crippen molar-refractivity contribution < 1.29 is 14.7 Å². The Morgan fingerprint density at radius 1 is 1.12 bits per heavy atom. The highest BCUT2D eigenvalue weighted by Gasteiger charge is 2.46. The van der Waals surface area contributed by atoms with Crippen LogP contribution in [0.2, 0.25) is 0 Å². The first-order valence-corrected chi connectivity index (χ1v) is 11.0. The average Bonchev–Trinajstić information content (AvgIpc) is 3.33. The summed E-state index contributed by atoms with van der Waals surface area (Å²) in [4.78, 5) is 37.6. The Balaban J connectivity index is 1.84. The van der Waals surface area contributed by atoms with Gasteiger partial charge in [-0.3, -0.25) is 14.5 Å². The minimum Gasteiger partial charge on any atom is -0.503 e. The number of aromatic amines is 1. The second kappa shape index (κ2) is 8.49. The summed E-state index contributed by atoms with van der Waals surface area (Å²) in [6.07, 6.45) is 0. The summed E-state index contributed by atoms with van der Waals surface area (Å²) >= 11 is 0. The highest BCUT2D eigenvalue weighted by Crippen LogP contribution is 2.41. The Kier molecular flexibility index (Phi) is 5.74. The summed E-state index contributed by atoms with van der Waals surface area (Å²) in [6, 6.07) is 14.5. The topological polar surface area (TPSA) is 89.5 Å². The van der Waals surface area contributed by atoms with Crippen molar-refractivity contribution >= 4 is 34.4 Å². The van der Waals surface area contributed by atoms with Gasteiger partial charge in [0.15, 0.2) is 11.5 Å². The number of nitrogens with one attached hydrogen (secondary N) is 1. The quantitative estimate of drug-likeness (QED) is 0.572. The first-order valence-electron chi connectivity index (χ1n) is 11.0. The molecule has 0 radical (unpaired) electrons. The van der Waals surface area contributed by atoms with E-state index < -0.39 is 17.7 Å². The number of rotatable bonds is 7. The molecule has 1 unspecified atom stereocenters. The molecule has 0 spiro atoms. The van der Waals surface area contributed by atoms with E-state index in [-0.39, 0.29) is 17.3 Å². The van der Waals surface area contributed by atoms with E-state index in [4.69, 9.17) is 0 Å². The summed E-state index contributed by atoms with van der Waals surface area (Å²) in [7, 11) is 0. The van der Waals surface area contributed by atoms with Gasteiger partial charge in [0.2, 0.25) is 5.95 Å². The number of Topliss-reactive ketones (excluding diaryl/α,β-unsaturated/α-hetero) is 1. The molecule has 166 valence electrons. The van der Waals surface area contributed by atoms with Crippen molar-refractivity contribution in [1.29, 1.82) is 0 Å². The standard InChI is InChI=1S/C25H28N4O3/c1-5-28(6-2)17-13-11-16(12-14-17)21-20(22(30)15(3)4)23(31)24(32)29(21)25-26-18-9-7-8-10-19(18)27-25/h7-15,21,31H,5-6H2,1-4H3,(H,26,27). The van der Waals surface area contributed by atoms with E-state index in [0.717, 1.165) is 29.9 Å². The van der Waals surface area contributed by atoms with Crippen LogP contribution < -0.4 is 9.80 Å². The molecule has 2 aromatic carbocycles. The van der Waals surface area contributed by atoms with E-state index in [0.29, 0.717) is 11.5 Å². The molecule has 2 heterocycles. The van der Waals surface area contributed by atoms with Crippen molar-refractivity contribution in [3.05, 3.63) is 65.4 Å². The molecular weight excluding hydrogens is 404 g/mol. The van der Waals surface area contributed by atoms with E-state index in [1.54, 1.807) is 13.8 Å². The molecule has 0 bridgehead atoms. The second-order valence-corrected chi connectivity index (χ2v) is 8.20. The van der Waals surface area contributed by atoms with Crippen LogP contribution in [0.25, 0.3) is 11.0 Å². The number of para-hydroxylation sites is 2. The van der Waals surface area contributed by atoms with Crippen LogP contribution in [0.4, 0.5) is 11.6 Å². The highest BCUT2D eigenvalue weighted by atomic mass is 16.3. The molecule has 2 N–H and O–H groups in total. The van der Waals surface area contributed by atoms with Crippen LogP contribution >= 0.6 is 0 Å². The van der Waals surface area contributed by atoms with Crippen LogP contribution in [0.15, 0.2) is 59.9 Å². The number of carbonyl (C=O) groups excluding carboxylic acids is 2. The number of fused-ring (bicyclic) bond motifs is 1. The van der Waals surface area contributed by atoms with Crippen molar-refractivity contribution in [2.45, 2.75) is 33.7 Å². The monoisotopic (exact) mass is 432 g/mol. The lowest BCUT2D eigenvalue weighted by molar-refractivity contribution is -0.119. The molecule has 0 saturated carbocycles. The molecule has 4 rings (SSSR count). The first-order chi connectivity index (χ1) is 15.4. The number of nitrogens with zero attached hydrogens (tertiary/aromatic N) is 3.